The molecule has 0 amide bonds. The Morgan fingerprint density at radius 3 is 2.67 bits per heavy atom. The van der Waals surface area contributed by atoms with E-state index in [9.17, 15) is 4.79 Å². The lowest BCUT2D eigenvalue weighted by atomic mass is 9.88. The molecule has 1 aliphatic rings. The molecular weight excluding hydrogens is 266 g/mol. The molecule has 2 unspecified atom stereocenters. The van der Waals surface area contributed by atoms with E-state index in [0.717, 1.165) is 17.7 Å². The molecule has 0 aliphatic carbocycles. The van der Waals surface area contributed by atoms with Gasteiger partial charge in [0, 0.05) is 18.0 Å². The van der Waals surface area contributed by atoms with E-state index in [4.69, 9.17) is 9.47 Å². The van der Waals surface area contributed by atoms with E-state index >= 15 is 0 Å². The van der Waals surface area contributed by atoms with E-state index in [1.807, 2.05) is 32.0 Å². The number of methoxy groups -OCH3 is 1. The van der Waals surface area contributed by atoms with Gasteiger partial charge in [0.15, 0.2) is 0 Å². The lowest BCUT2D eigenvalue weighted by molar-refractivity contribution is -0.144. The van der Waals surface area contributed by atoms with Crippen molar-refractivity contribution >= 4 is 5.97 Å². The molecule has 0 spiro atoms. The van der Waals surface area contributed by atoms with Crippen LogP contribution in [0, 0.1) is 5.92 Å². The molecule has 1 N–H and O–H groups in total. The maximum Gasteiger partial charge on any atom is 0.323 e. The standard InChI is InChI=1S/C17H25NO3/c1-11(2)15(16(19)20-5)18-13-10-17(3,4)21-14-9-7-6-8-12(13)14/h6-9,11,13,15,18H,10H2,1-5H3. The molecule has 2 atom stereocenters. The predicted molar refractivity (Wildman–Crippen MR) is 82.3 cm³/mol. The number of ether oxygens (including phenoxy) is 2. The van der Waals surface area contributed by atoms with Crippen molar-refractivity contribution in [1.29, 1.82) is 0 Å². The third-order valence-corrected chi connectivity index (χ3v) is 3.88. The van der Waals surface area contributed by atoms with E-state index in [1.165, 1.54) is 7.11 Å². The summed E-state index contributed by atoms with van der Waals surface area (Å²) in [5.74, 6) is 0.834. The summed E-state index contributed by atoms with van der Waals surface area (Å²) >= 11 is 0. The third kappa shape index (κ3) is 3.56. The topological polar surface area (TPSA) is 47.6 Å². The highest BCUT2D eigenvalue weighted by molar-refractivity contribution is 5.76. The number of hydrogen-bond acceptors (Lipinski definition) is 4. The van der Waals surface area contributed by atoms with E-state index in [-0.39, 0.29) is 29.6 Å². The zero-order valence-electron chi connectivity index (χ0n) is 13.5. The van der Waals surface area contributed by atoms with Crippen LogP contribution in [-0.4, -0.2) is 24.7 Å². The van der Waals surface area contributed by atoms with Crippen molar-refractivity contribution in [1.82, 2.24) is 5.32 Å². The average Bonchev–Trinajstić information content (AvgIpc) is 2.42. The molecule has 21 heavy (non-hydrogen) atoms. The maximum absolute atomic E-state index is 12.0. The summed E-state index contributed by atoms with van der Waals surface area (Å²) in [6.45, 7) is 8.18. The van der Waals surface area contributed by atoms with Gasteiger partial charge in [0.2, 0.25) is 0 Å². The summed E-state index contributed by atoms with van der Waals surface area (Å²) in [6.07, 6.45) is 0.810. The number of fused-ring (bicyclic) bond motifs is 1. The Morgan fingerprint density at radius 2 is 2.05 bits per heavy atom. The fraction of sp³-hybridized carbons (Fsp3) is 0.588. The molecule has 0 saturated carbocycles. The Bertz CT molecular complexity index is 511. The van der Waals surface area contributed by atoms with Gasteiger partial charge < -0.3 is 9.47 Å². The minimum absolute atomic E-state index is 0.0800. The highest BCUT2D eigenvalue weighted by Crippen LogP contribution is 2.39. The third-order valence-electron chi connectivity index (χ3n) is 3.88. The number of benzene rings is 1. The van der Waals surface area contributed by atoms with Crippen LogP contribution in [0.25, 0.3) is 0 Å². The highest BCUT2D eigenvalue weighted by Gasteiger charge is 2.36. The van der Waals surface area contributed by atoms with Crippen molar-refractivity contribution in [3.05, 3.63) is 29.8 Å². The fourth-order valence-electron chi connectivity index (χ4n) is 2.83. The Kier molecular flexibility index (Phi) is 4.57. The van der Waals surface area contributed by atoms with Crippen molar-refractivity contribution in [3.8, 4) is 5.75 Å². The summed E-state index contributed by atoms with van der Waals surface area (Å²) < 4.78 is 10.9. The van der Waals surface area contributed by atoms with Crippen molar-refractivity contribution in [2.75, 3.05) is 7.11 Å². The van der Waals surface area contributed by atoms with Crippen LogP contribution >= 0.6 is 0 Å². The normalized spacial score (nSPS) is 21.3. The maximum atomic E-state index is 12.0. The molecule has 1 aliphatic heterocycles. The zero-order valence-corrected chi connectivity index (χ0v) is 13.5. The number of para-hydroxylation sites is 1. The van der Waals surface area contributed by atoms with Gasteiger partial charge in [-0.2, -0.15) is 0 Å². The van der Waals surface area contributed by atoms with Gasteiger partial charge in [-0.1, -0.05) is 32.0 Å². The molecule has 1 aromatic carbocycles. The molecule has 0 fully saturated rings. The number of hydrogen-bond donors (Lipinski definition) is 1. The van der Waals surface area contributed by atoms with E-state index in [0.29, 0.717) is 0 Å². The van der Waals surface area contributed by atoms with Crippen molar-refractivity contribution < 1.29 is 14.3 Å². The van der Waals surface area contributed by atoms with Gasteiger partial charge in [0.25, 0.3) is 0 Å². The van der Waals surface area contributed by atoms with Gasteiger partial charge in [-0.3, -0.25) is 10.1 Å². The van der Waals surface area contributed by atoms with Crippen molar-refractivity contribution in [3.63, 3.8) is 0 Å². The summed E-state index contributed by atoms with van der Waals surface area (Å²) in [4.78, 5) is 12.0. The molecule has 0 bridgehead atoms. The van der Waals surface area contributed by atoms with Gasteiger partial charge in [-0.05, 0) is 25.8 Å². The molecule has 0 aromatic heterocycles. The molecular formula is C17H25NO3. The quantitative estimate of drug-likeness (QED) is 0.866. The highest BCUT2D eigenvalue weighted by atomic mass is 16.5. The molecule has 1 heterocycles. The molecule has 0 saturated heterocycles. The van der Waals surface area contributed by atoms with E-state index in [1.54, 1.807) is 0 Å². The first-order valence-corrected chi connectivity index (χ1v) is 7.46. The minimum atomic E-state index is -0.318. The van der Waals surface area contributed by atoms with Crippen LogP contribution < -0.4 is 10.1 Å². The monoisotopic (exact) mass is 291 g/mol. The molecule has 4 heteroatoms. The van der Waals surface area contributed by atoms with Crippen LogP contribution in [0.2, 0.25) is 0 Å². The van der Waals surface area contributed by atoms with Crippen LogP contribution in [0.1, 0.15) is 45.7 Å². The van der Waals surface area contributed by atoms with Crippen molar-refractivity contribution in [2.24, 2.45) is 5.92 Å². The number of carbonyl (C=O) groups is 1. The first-order valence-electron chi connectivity index (χ1n) is 7.46. The van der Waals surface area contributed by atoms with Crippen molar-refractivity contribution in [2.45, 2.75) is 51.8 Å². The van der Waals surface area contributed by atoms with Gasteiger partial charge >= 0.3 is 5.97 Å². The Labute approximate surface area is 126 Å². The van der Waals surface area contributed by atoms with Gasteiger partial charge in [0.05, 0.1) is 7.11 Å². The van der Waals surface area contributed by atoms with Crippen LogP contribution in [0.4, 0.5) is 0 Å². The molecule has 2 rings (SSSR count). The molecule has 4 nitrogen and oxygen atoms in total. The number of rotatable bonds is 4. The number of carbonyl (C=O) groups excluding carboxylic acids is 1. The van der Waals surface area contributed by atoms with Gasteiger partial charge in [0.1, 0.15) is 17.4 Å². The minimum Gasteiger partial charge on any atom is -0.487 e. The summed E-state index contributed by atoms with van der Waals surface area (Å²) in [6, 6.07) is 7.76. The van der Waals surface area contributed by atoms with Crippen LogP contribution in [-0.2, 0) is 9.53 Å². The van der Waals surface area contributed by atoms with Crippen LogP contribution in [0.3, 0.4) is 0 Å². The molecule has 0 radical (unpaired) electrons. The fourth-order valence-corrected chi connectivity index (χ4v) is 2.83. The largest absolute Gasteiger partial charge is 0.487 e. The lowest BCUT2D eigenvalue weighted by Crippen LogP contribution is -2.47. The van der Waals surface area contributed by atoms with E-state index < -0.39 is 0 Å². The summed E-state index contributed by atoms with van der Waals surface area (Å²) in [5.41, 5.74) is 0.843. The number of esters is 1. The second kappa shape index (κ2) is 6.06. The smallest absolute Gasteiger partial charge is 0.323 e. The predicted octanol–water partition coefficient (Wildman–Crippen LogP) is 3.08. The Balaban J connectivity index is 2.28. The first kappa shape index (κ1) is 15.8. The lowest BCUT2D eigenvalue weighted by Gasteiger charge is -2.39. The first-order chi connectivity index (χ1) is 9.84. The Morgan fingerprint density at radius 1 is 1.38 bits per heavy atom. The number of nitrogens with one attached hydrogen (secondary N) is 1. The van der Waals surface area contributed by atoms with Gasteiger partial charge in [-0.25, -0.2) is 0 Å². The average molecular weight is 291 g/mol. The summed E-state index contributed by atoms with van der Waals surface area (Å²) in [7, 11) is 1.43. The SMILES string of the molecule is COC(=O)C(NC1CC(C)(C)Oc2ccccc21)C(C)C. The summed E-state index contributed by atoms with van der Waals surface area (Å²) in [5, 5.41) is 3.46. The zero-order chi connectivity index (χ0) is 15.6. The molecule has 116 valence electrons. The van der Waals surface area contributed by atoms with Gasteiger partial charge in [-0.15, -0.1) is 0 Å². The Hall–Kier alpha value is -1.55. The second-order valence-corrected chi connectivity index (χ2v) is 6.57. The van der Waals surface area contributed by atoms with E-state index in [2.05, 4.69) is 25.2 Å². The van der Waals surface area contributed by atoms with Crippen LogP contribution in [0.5, 0.6) is 5.75 Å². The second-order valence-electron chi connectivity index (χ2n) is 6.57. The molecule has 1 aromatic rings. The van der Waals surface area contributed by atoms with Crippen LogP contribution in [0.15, 0.2) is 24.3 Å².